The number of hydrogen-bond donors (Lipinski definition) is 1. The molecule has 1 saturated heterocycles. The summed E-state index contributed by atoms with van der Waals surface area (Å²) < 4.78 is 5.22. The van der Waals surface area contributed by atoms with Gasteiger partial charge in [0.1, 0.15) is 5.75 Å². The van der Waals surface area contributed by atoms with E-state index in [0.717, 1.165) is 38.3 Å². The van der Waals surface area contributed by atoms with Crippen LogP contribution in [0.4, 0.5) is 5.69 Å². The minimum Gasteiger partial charge on any atom is -0.497 e. The normalized spacial score (nSPS) is 27.2. The van der Waals surface area contributed by atoms with Crippen molar-refractivity contribution in [3.8, 4) is 5.75 Å². The molecule has 5 nitrogen and oxygen atoms in total. The fraction of sp³-hybridized carbons (Fsp3) is 0.667. The second-order valence-corrected chi connectivity index (χ2v) is 7.90. The molecule has 2 aliphatic rings. The molecular weight excluding hydrogens is 326 g/mol. The molecule has 3 atom stereocenters. The van der Waals surface area contributed by atoms with E-state index in [9.17, 15) is 4.79 Å². The molecule has 0 spiro atoms. The molecule has 1 N–H and O–H groups in total. The first-order valence-corrected chi connectivity index (χ1v) is 9.97. The van der Waals surface area contributed by atoms with Gasteiger partial charge in [-0.25, -0.2) is 0 Å². The Morgan fingerprint density at radius 1 is 1.12 bits per heavy atom. The van der Waals surface area contributed by atoms with Crippen molar-refractivity contribution in [2.75, 3.05) is 44.7 Å². The van der Waals surface area contributed by atoms with Crippen molar-refractivity contribution in [3.63, 3.8) is 0 Å². The van der Waals surface area contributed by atoms with Gasteiger partial charge in [-0.3, -0.25) is 9.69 Å². The van der Waals surface area contributed by atoms with E-state index in [0.29, 0.717) is 24.4 Å². The standard InChI is InChI=1S/C21H33N3O2/c1-16-5-4-6-20(17(16)2)22-21(25)15-23-11-13-24(14-12-23)18-7-9-19(26-3)10-8-18/h7-10,16-17,20H,4-6,11-15H2,1-3H3,(H,22,25). The zero-order valence-corrected chi connectivity index (χ0v) is 16.4. The van der Waals surface area contributed by atoms with Crippen molar-refractivity contribution in [2.45, 2.75) is 39.2 Å². The van der Waals surface area contributed by atoms with Crippen molar-refractivity contribution in [1.29, 1.82) is 0 Å². The number of benzene rings is 1. The lowest BCUT2D eigenvalue weighted by atomic mass is 9.78. The first kappa shape index (κ1) is 19.0. The topological polar surface area (TPSA) is 44.8 Å². The summed E-state index contributed by atoms with van der Waals surface area (Å²) in [6.45, 7) is 8.87. The Morgan fingerprint density at radius 3 is 2.46 bits per heavy atom. The highest BCUT2D eigenvalue weighted by Gasteiger charge is 2.28. The van der Waals surface area contributed by atoms with Crippen LogP contribution in [0, 0.1) is 11.8 Å². The first-order chi connectivity index (χ1) is 12.6. The molecule has 3 rings (SSSR count). The Hall–Kier alpha value is -1.75. The number of piperazine rings is 1. The van der Waals surface area contributed by atoms with Gasteiger partial charge in [0.25, 0.3) is 0 Å². The molecule has 1 aliphatic heterocycles. The summed E-state index contributed by atoms with van der Waals surface area (Å²) in [6.07, 6.45) is 3.65. The molecule has 5 heteroatoms. The van der Waals surface area contributed by atoms with Crippen LogP contribution < -0.4 is 15.0 Å². The maximum Gasteiger partial charge on any atom is 0.234 e. The fourth-order valence-corrected chi connectivity index (χ4v) is 4.20. The molecule has 0 radical (unpaired) electrons. The van der Waals surface area contributed by atoms with Crippen molar-refractivity contribution in [1.82, 2.24) is 10.2 Å². The summed E-state index contributed by atoms with van der Waals surface area (Å²) >= 11 is 0. The number of carbonyl (C=O) groups excluding carboxylic acids is 1. The highest BCUT2D eigenvalue weighted by molar-refractivity contribution is 5.78. The summed E-state index contributed by atoms with van der Waals surface area (Å²) in [5.74, 6) is 2.37. The van der Waals surface area contributed by atoms with Gasteiger partial charge in [0.05, 0.1) is 13.7 Å². The van der Waals surface area contributed by atoms with E-state index >= 15 is 0 Å². The fourth-order valence-electron chi connectivity index (χ4n) is 4.20. The Balaban J connectivity index is 1.43. The van der Waals surface area contributed by atoms with E-state index in [1.165, 1.54) is 18.5 Å². The Kier molecular flexibility index (Phi) is 6.41. The average Bonchev–Trinajstić information content (AvgIpc) is 2.66. The van der Waals surface area contributed by atoms with Crippen LogP contribution in [0.25, 0.3) is 0 Å². The predicted octanol–water partition coefficient (Wildman–Crippen LogP) is 2.76. The molecule has 1 aliphatic carbocycles. The molecule has 1 aromatic rings. The van der Waals surface area contributed by atoms with E-state index in [2.05, 4.69) is 41.1 Å². The Labute approximate surface area is 157 Å². The molecule has 3 unspecified atom stereocenters. The summed E-state index contributed by atoms with van der Waals surface area (Å²) in [5, 5.41) is 3.29. The number of methoxy groups -OCH3 is 1. The van der Waals surface area contributed by atoms with Crippen molar-refractivity contribution in [2.24, 2.45) is 11.8 Å². The molecule has 1 aromatic carbocycles. The molecule has 26 heavy (non-hydrogen) atoms. The molecule has 2 fully saturated rings. The van der Waals surface area contributed by atoms with Crippen LogP contribution in [0.15, 0.2) is 24.3 Å². The SMILES string of the molecule is COc1ccc(N2CCN(CC(=O)NC3CCCC(C)C3C)CC2)cc1. The smallest absolute Gasteiger partial charge is 0.234 e. The number of carbonyl (C=O) groups is 1. The number of ether oxygens (including phenoxy) is 1. The quantitative estimate of drug-likeness (QED) is 0.878. The zero-order chi connectivity index (χ0) is 18.5. The number of nitrogens with zero attached hydrogens (tertiary/aromatic N) is 2. The lowest BCUT2D eigenvalue weighted by molar-refractivity contribution is -0.123. The number of anilines is 1. The van der Waals surface area contributed by atoms with Gasteiger partial charge in [0.2, 0.25) is 5.91 Å². The van der Waals surface area contributed by atoms with Gasteiger partial charge >= 0.3 is 0 Å². The summed E-state index contributed by atoms with van der Waals surface area (Å²) in [6, 6.07) is 8.56. The third kappa shape index (κ3) is 4.70. The second-order valence-electron chi connectivity index (χ2n) is 7.90. The van der Waals surface area contributed by atoms with Gasteiger partial charge in [-0.1, -0.05) is 26.7 Å². The van der Waals surface area contributed by atoms with Crippen LogP contribution in [-0.2, 0) is 4.79 Å². The number of amides is 1. The van der Waals surface area contributed by atoms with Crippen molar-refractivity contribution in [3.05, 3.63) is 24.3 Å². The molecule has 0 aromatic heterocycles. The molecule has 144 valence electrons. The Morgan fingerprint density at radius 2 is 1.81 bits per heavy atom. The van der Waals surface area contributed by atoms with Crippen LogP contribution in [0.3, 0.4) is 0 Å². The lowest BCUT2D eigenvalue weighted by Gasteiger charge is -2.37. The van der Waals surface area contributed by atoms with E-state index in [4.69, 9.17) is 4.74 Å². The third-order valence-electron chi connectivity index (χ3n) is 6.23. The number of rotatable bonds is 5. The molecule has 1 amide bonds. The minimum absolute atomic E-state index is 0.189. The second kappa shape index (κ2) is 8.76. The van der Waals surface area contributed by atoms with E-state index in [-0.39, 0.29) is 5.91 Å². The van der Waals surface area contributed by atoms with E-state index < -0.39 is 0 Å². The van der Waals surface area contributed by atoms with Gasteiger partial charge < -0.3 is 15.0 Å². The Bertz CT molecular complexity index is 581. The van der Waals surface area contributed by atoms with Gasteiger partial charge in [-0.05, 0) is 42.5 Å². The summed E-state index contributed by atoms with van der Waals surface area (Å²) in [5.41, 5.74) is 1.22. The molecule has 1 saturated carbocycles. The van der Waals surface area contributed by atoms with E-state index in [1.54, 1.807) is 7.11 Å². The van der Waals surface area contributed by atoms with Crippen LogP contribution in [-0.4, -0.2) is 56.7 Å². The van der Waals surface area contributed by atoms with Gasteiger partial charge in [-0.2, -0.15) is 0 Å². The van der Waals surface area contributed by atoms with Crippen LogP contribution in [0.2, 0.25) is 0 Å². The largest absolute Gasteiger partial charge is 0.497 e. The summed E-state index contributed by atoms with van der Waals surface area (Å²) in [7, 11) is 1.69. The zero-order valence-electron chi connectivity index (χ0n) is 16.4. The molecular formula is C21H33N3O2. The monoisotopic (exact) mass is 359 g/mol. The number of hydrogen-bond acceptors (Lipinski definition) is 4. The predicted molar refractivity (Wildman–Crippen MR) is 106 cm³/mol. The highest BCUT2D eigenvalue weighted by Crippen LogP contribution is 2.29. The first-order valence-electron chi connectivity index (χ1n) is 9.97. The molecule has 0 bridgehead atoms. The van der Waals surface area contributed by atoms with Gasteiger partial charge in [0, 0.05) is 37.9 Å². The van der Waals surface area contributed by atoms with Crippen LogP contribution >= 0.6 is 0 Å². The van der Waals surface area contributed by atoms with E-state index in [1.807, 2.05) is 12.1 Å². The summed E-state index contributed by atoms with van der Waals surface area (Å²) in [4.78, 5) is 17.1. The van der Waals surface area contributed by atoms with Crippen LogP contribution in [0.5, 0.6) is 5.75 Å². The number of nitrogens with one attached hydrogen (secondary N) is 1. The third-order valence-corrected chi connectivity index (χ3v) is 6.23. The van der Waals surface area contributed by atoms with Gasteiger partial charge in [-0.15, -0.1) is 0 Å². The molecule has 1 heterocycles. The van der Waals surface area contributed by atoms with Crippen LogP contribution in [0.1, 0.15) is 33.1 Å². The minimum atomic E-state index is 0.189. The lowest BCUT2D eigenvalue weighted by Crippen LogP contribution is -2.52. The average molecular weight is 360 g/mol. The maximum atomic E-state index is 12.5. The van der Waals surface area contributed by atoms with Gasteiger partial charge in [0.15, 0.2) is 0 Å². The van der Waals surface area contributed by atoms with Crippen molar-refractivity contribution < 1.29 is 9.53 Å². The highest BCUT2D eigenvalue weighted by atomic mass is 16.5. The van der Waals surface area contributed by atoms with Crippen molar-refractivity contribution >= 4 is 11.6 Å². The maximum absolute atomic E-state index is 12.5.